The van der Waals surface area contributed by atoms with E-state index in [0.717, 1.165) is 6.42 Å². The largest absolute Gasteiger partial charge is 1.00 e. The number of methoxy groups -OCH3 is 1. The van der Waals surface area contributed by atoms with Gasteiger partial charge in [0, 0.05) is 51.4 Å². The van der Waals surface area contributed by atoms with E-state index in [1.807, 2.05) is 6.92 Å². The zero-order chi connectivity index (χ0) is 65.0. The fraction of sp³-hybridized carbons (Fsp3) is 0.781. The molecule has 0 aromatic heterocycles. The van der Waals surface area contributed by atoms with Gasteiger partial charge in [-0.3, -0.25) is 13.2 Å². The maximum Gasteiger partial charge on any atom is 1.00 e. The molecule has 11 saturated heterocycles. The molecule has 1 amide bonds. The molecule has 11 aliphatic heterocycles. The number of amides is 1. The molecule has 25 nitrogen and oxygen atoms in total. The number of allylic oxidation sites excluding steroid dienone is 1. The second-order valence-corrected chi connectivity index (χ2v) is 30.4. The maximum absolute atomic E-state index is 13.8. The first kappa shape index (κ1) is 74.3. The minimum absolute atomic E-state index is 0. The molecule has 28 atom stereocenters. The van der Waals surface area contributed by atoms with Gasteiger partial charge in [-0.1, -0.05) is 62.1 Å². The van der Waals surface area contributed by atoms with E-state index in [1.54, 1.807) is 49.4 Å². The Morgan fingerprint density at radius 1 is 0.731 bits per heavy atom. The molecule has 11 heterocycles. The van der Waals surface area contributed by atoms with Gasteiger partial charge in [0.25, 0.3) is 0 Å². The molecule has 1 aromatic carbocycles. The van der Waals surface area contributed by atoms with E-state index in [2.05, 4.69) is 43.4 Å². The summed E-state index contributed by atoms with van der Waals surface area (Å²) in [7, 11) is -9.04. The predicted molar refractivity (Wildman–Crippen MR) is 316 cm³/mol. The van der Waals surface area contributed by atoms with Crippen molar-refractivity contribution < 1.29 is 170 Å². The number of fused-ring (bicyclic) bond motifs is 10. The topological polar surface area (TPSA) is 330 Å². The Bertz CT molecular complexity index is 3130. The van der Waals surface area contributed by atoms with Crippen LogP contribution in [-0.4, -0.2) is 212 Å². The van der Waals surface area contributed by atoms with Crippen molar-refractivity contribution in [2.75, 3.05) is 13.7 Å². The standard InChI is InChI=1S/C64H91NO24S2.2Na/c1-10-14-36(58(67)65-53(59(68)76-9)35-15-12-11-13-16-35)18-20-60(4,69)57-34(3)25-45-44(84-57)31-52-64(8,87-45)56(66)55-48(83-52)29-47-54(85-55)33(2)17-21-62(6)50(82-47)32-49-63(7,89-62)22-19-37-38(81-49)26-40-39(78-37)27-41-42(79-40)28-46-43(80-41)30-51(88-91(73,74)75)61(5,86-46)23-24-77-90(70,71)72;;/h10-13,15-16,18,20,33,36-57,66,69H,1,3,14,17,19,21-32H2,2,4-9H3,(H,65,67)(H,70,71,72)(H,73,74,75);;/q;2*+1/p-2/b20-18+;;/t33-,36+,37-,38+,39+,40-,41-,42+,43+,44+,45-,46-,47-,48+,49-,50+,51-,52-,53+,54+,55+,56+,57-,60+,61+,62-,63+,64-;;/m0../s1. The Morgan fingerprint density at radius 2 is 1.30 bits per heavy atom. The van der Waals surface area contributed by atoms with Gasteiger partial charge in [-0.2, -0.15) is 0 Å². The van der Waals surface area contributed by atoms with Gasteiger partial charge in [-0.05, 0) is 90.2 Å². The third kappa shape index (κ3) is 15.4. The third-order valence-electron chi connectivity index (χ3n) is 21.8. The van der Waals surface area contributed by atoms with Gasteiger partial charge >= 0.3 is 65.1 Å². The summed E-state index contributed by atoms with van der Waals surface area (Å²) in [6, 6.07) is 7.72. The monoisotopic (exact) mass is 1370 g/mol. The van der Waals surface area contributed by atoms with Crippen molar-refractivity contribution in [3.05, 3.63) is 72.9 Å². The Hall–Kier alpha value is -1.40. The van der Waals surface area contributed by atoms with Crippen molar-refractivity contribution in [3.8, 4) is 0 Å². The van der Waals surface area contributed by atoms with Crippen LogP contribution in [0.5, 0.6) is 0 Å². The number of hydrogen-bond donors (Lipinski definition) is 3. The van der Waals surface area contributed by atoms with Gasteiger partial charge in [0.15, 0.2) is 6.04 Å². The Morgan fingerprint density at radius 3 is 1.94 bits per heavy atom. The fourth-order valence-electron chi connectivity index (χ4n) is 16.8. The normalized spacial score (nSPS) is 45.0. The number of benzene rings is 1. The molecule has 508 valence electrons. The average Bonchev–Trinajstić information content (AvgIpc) is 1.26. The zero-order valence-electron chi connectivity index (χ0n) is 54.6. The van der Waals surface area contributed by atoms with Gasteiger partial charge in [0.1, 0.15) is 35.6 Å². The Balaban J connectivity index is 0.00000473. The smallest absolute Gasteiger partial charge is 0.726 e. The zero-order valence-corrected chi connectivity index (χ0v) is 60.2. The molecule has 11 fully saturated rings. The molecule has 0 unspecified atom stereocenters. The number of nitrogens with one attached hydrogen (secondary N) is 1. The van der Waals surface area contributed by atoms with Gasteiger partial charge in [0.05, 0.1) is 134 Å². The van der Waals surface area contributed by atoms with Crippen LogP contribution in [0.25, 0.3) is 0 Å². The summed E-state index contributed by atoms with van der Waals surface area (Å²) in [4.78, 5) is 26.6. The van der Waals surface area contributed by atoms with Crippen molar-refractivity contribution in [1.82, 2.24) is 5.32 Å². The van der Waals surface area contributed by atoms with Crippen LogP contribution >= 0.6 is 0 Å². The summed E-state index contributed by atoms with van der Waals surface area (Å²) in [5, 5.41) is 27.4. The van der Waals surface area contributed by atoms with Crippen LogP contribution in [0.4, 0.5) is 0 Å². The molecule has 0 saturated carbocycles. The molecule has 0 bridgehead atoms. The molecule has 29 heteroatoms. The van der Waals surface area contributed by atoms with E-state index < -0.39 is 171 Å². The van der Waals surface area contributed by atoms with E-state index in [1.165, 1.54) is 20.1 Å². The van der Waals surface area contributed by atoms with E-state index in [-0.39, 0.29) is 115 Å². The molecule has 3 N–H and O–H groups in total. The number of aliphatic hydroxyl groups excluding tert-OH is 1. The van der Waals surface area contributed by atoms with Crippen molar-refractivity contribution in [1.29, 1.82) is 0 Å². The molecule has 11 aliphatic rings. The van der Waals surface area contributed by atoms with Crippen molar-refractivity contribution in [2.24, 2.45) is 11.8 Å². The quantitative estimate of drug-likeness (QED) is 0.0590. The van der Waals surface area contributed by atoms with E-state index in [0.29, 0.717) is 75.3 Å². The van der Waals surface area contributed by atoms with E-state index >= 15 is 0 Å². The number of rotatable bonds is 15. The van der Waals surface area contributed by atoms with Crippen LogP contribution < -0.4 is 64.4 Å². The molecular formula is C64H89NNa2O24S2. The van der Waals surface area contributed by atoms with Crippen LogP contribution in [-0.2, 0) is 95.6 Å². The first-order chi connectivity index (χ1) is 42.9. The van der Waals surface area contributed by atoms with Crippen LogP contribution in [0.15, 0.2) is 67.3 Å². The Labute approximate surface area is 589 Å². The summed E-state index contributed by atoms with van der Waals surface area (Å²) in [5.41, 5.74) is -4.66. The third-order valence-corrected chi connectivity index (χ3v) is 22.8. The van der Waals surface area contributed by atoms with Crippen molar-refractivity contribution in [2.45, 2.75) is 288 Å². The van der Waals surface area contributed by atoms with Crippen LogP contribution in [0.1, 0.15) is 143 Å². The molecule has 0 spiro atoms. The summed E-state index contributed by atoms with van der Waals surface area (Å²) < 4.78 is 160. The van der Waals surface area contributed by atoms with Crippen molar-refractivity contribution in [3.63, 3.8) is 0 Å². The molecule has 1 aromatic rings. The summed E-state index contributed by atoms with van der Waals surface area (Å²) >= 11 is 0. The van der Waals surface area contributed by atoms with Crippen LogP contribution in [0.3, 0.4) is 0 Å². The Kier molecular flexibility index (Phi) is 22.8. The second kappa shape index (κ2) is 28.6. The van der Waals surface area contributed by atoms with Gasteiger partial charge in [-0.25, -0.2) is 21.6 Å². The van der Waals surface area contributed by atoms with Gasteiger partial charge in [-0.15, -0.1) is 6.58 Å². The summed E-state index contributed by atoms with van der Waals surface area (Å²) in [5.74, 6) is -1.90. The number of carbonyl (C=O) groups is 2. The maximum atomic E-state index is 13.8. The molecule has 0 aliphatic carbocycles. The molecule has 12 rings (SSSR count). The molecular weight excluding hydrogens is 1280 g/mol. The number of aliphatic hydroxyl groups is 2. The fourth-order valence-corrected chi connectivity index (χ4v) is 17.6. The summed E-state index contributed by atoms with van der Waals surface area (Å²) in [6.45, 7) is 18.9. The van der Waals surface area contributed by atoms with E-state index in [4.69, 9.17) is 61.0 Å². The number of hydrogen-bond acceptors (Lipinski definition) is 24. The minimum Gasteiger partial charge on any atom is -0.726 e. The van der Waals surface area contributed by atoms with E-state index in [9.17, 15) is 45.7 Å². The average molecular weight is 1370 g/mol. The van der Waals surface area contributed by atoms with Crippen LogP contribution in [0.2, 0.25) is 0 Å². The first-order valence-corrected chi connectivity index (χ1v) is 34.9. The molecule has 0 radical (unpaired) electrons. The number of carbonyl (C=O) groups excluding carboxylic acids is 2. The SMILES string of the molecule is C=CC[C@H](/C=C/[C@@](C)(O)[C@H]1O[C@@H]2C[C@@H]3O[C@@H]4C[C@@H]5O[C@@H]6C[C@@H]7O[C@@H]8C[C@@H]9O[C@@H]%10C[C@@H]%11O[C@](C)(CCOS(=O)(=O)[O-])[C@@H](OS(=O)(=O)[O-])C[C@H]%11O[C@H]%10C[C@H]9O[C@H]8CC[C@@]7(C)O[C@@]6(C)CC[C@H](C)[C@H]5O[C@H]4[C@@H](O)[C@@]3(C)O[C@H]2CC1=C)C(=O)N[C@@H](C(=O)OC)c1ccccc1.[Na+].[Na+]. The number of ether oxygens (including phenoxy) is 12. The van der Waals surface area contributed by atoms with Gasteiger partial charge < -0.3 is 81.5 Å². The van der Waals surface area contributed by atoms with Crippen LogP contribution in [0, 0.1) is 11.8 Å². The minimum atomic E-state index is -5.23. The molecule has 93 heavy (non-hydrogen) atoms. The second-order valence-electron chi connectivity index (χ2n) is 28.4. The number of esters is 1. The van der Waals surface area contributed by atoms with Crippen molar-refractivity contribution >= 4 is 32.7 Å². The first-order valence-electron chi connectivity index (χ1n) is 32.2. The van der Waals surface area contributed by atoms with Gasteiger partial charge in [0.2, 0.25) is 26.7 Å². The summed E-state index contributed by atoms with van der Waals surface area (Å²) in [6.07, 6.45) is -1.47. The predicted octanol–water partition coefficient (Wildman–Crippen LogP) is -1.53.